The quantitative estimate of drug-likeness (QED) is 0.280. The maximum Gasteiger partial charge on any atom is 0.243 e. The van der Waals surface area contributed by atoms with Gasteiger partial charge in [0.2, 0.25) is 11.8 Å². The van der Waals surface area contributed by atoms with Crippen LogP contribution in [0.2, 0.25) is 10.0 Å². The fourth-order valence-corrected chi connectivity index (χ4v) is 5.93. The highest BCUT2D eigenvalue weighted by Gasteiger charge is 2.32. The van der Waals surface area contributed by atoms with E-state index in [0.717, 1.165) is 36.8 Å². The standard InChI is InChI=1S/C32H36Cl2N2O2/c1-2-30(32(38)35-25-17-10-5-11-18-25)36(22-27-28(33)19-12-20-29(27)34)31(37)21-26(23-13-6-3-7-14-23)24-15-8-4-9-16-24/h3-4,6-9,12-16,19-20,25-26,30H,2,5,10-11,17-18,21-22H2,1H3,(H,35,38)/t30-/m0/s1. The molecule has 1 atom stereocenters. The molecule has 0 saturated heterocycles. The second-order valence-corrected chi connectivity index (χ2v) is 10.9. The lowest BCUT2D eigenvalue weighted by Gasteiger charge is -2.34. The maximum absolute atomic E-state index is 14.2. The summed E-state index contributed by atoms with van der Waals surface area (Å²) in [5, 5.41) is 4.21. The van der Waals surface area contributed by atoms with E-state index in [1.54, 1.807) is 23.1 Å². The Morgan fingerprint density at radius 1 is 0.842 bits per heavy atom. The van der Waals surface area contributed by atoms with Crippen LogP contribution in [0.1, 0.15) is 74.5 Å². The zero-order valence-corrected chi connectivity index (χ0v) is 23.4. The van der Waals surface area contributed by atoms with Crippen molar-refractivity contribution in [3.8, 4) is 0 Å². The first-order valence-electron chi connectivity index (χ1n) is 13.6. The third kappa shape index (κ3) is 7.18. The predicted molar refractivity (Wildman–Crippen MR) is 155 cm³/mol. The van der Waals surface area contributed by atoms with E-state index in [9.17, 15) is 9.59 Å². The Labute approximate surface area is 236 Å². The number of carbonyl (C=O) groups excluding carboxylic acids is 2. The number of hydrogen-bond acceptors (Lipinski definition) is 2. The molecule has 0 aromatic heterocycles. The Morgan fingerprint density at radius 3 is 1.92 bits per heavy atom. The molecule has 3 aromatic rings. The second-order valence-electron chi connectivity index (χ2n) is 10.1. The first kappa shape index (κ1) is 28.2. The molecule has 0 spiro atoms. The van der Waals surface area contributed by atoms with Crippen LogP contribution in [-0.2, 0) is 16.1 Å². The van der Waals surface area contributed by atoms with Gasteiger partial charge in [-0.2, -0.15) is 0 Å². The molecule has 0 heterocycles. The lowest BCUT2D eigenvalue weighted by molar-refractivity contribution is -0.142. The van der Waals surface area contributed by atoms with Gasteiger partial charge in [-0.15, -0.1) is 0 Å². The van der Waals surface area contributed by atoms with Crippen molar-refractivity contribution >= 4 is 35.0 Å². The first-order valence-corrected chi connectivity index (χ1v) is 14.4. The fourth-order valence-electron chi connectivity index (χ4n) is 5.41. The van der Waals surface area contributed by atoms with E-state index in [1.165, 1.54) is 6.42 Å². The van der Waals surface area contributed by atoms with Crippen molar-refractivity contribution in [2.45, 2.75) is 76.4 Å². The molecule has 4 nitrogen and oxygen atoms in total. The van der Waals surface area contributed by atoms with Gasteiger partial charge in [-0.1, -0.05) is 116 Å². The molecule has 1 saturated carbocycles. The van der Waals surface area contributed by atoms with Gasteiger partial charge in [-0.05, 0) is 42.5 Å². The van der Waals surface area contributed by atoms with Crippen molar-refractivity contribution in [2.24, 2.45) is 0 Å². The molecule has 1 aliphatic carbocycles. The summed E-state index contributed by atoms with van der Waals surface area (Å²) in [6, 6.07) is 25.0. The minimum atomic E-state index is -0.621. The molecule has 0 radical (unpaired) electrons. The molecule has 200 valence electrons. The molecule has 2 amide bonds. The zero-order chi connectivity index (χ0) is 26.9. The lowest BCUT2D eigenvalue weighted by atomic mass is 9.88. The van der Waals surface area contributed by atoms with Crippen LogP contribution < -0.4 is 5.32 Å². The Morgan fingerprint density at radius 2 is 1.39 bits per heavy atom. The average Bonchev–Trinajstić information content (AvgIpc) is 2.94. The Balaban J connectivity index is 1.66. The average molecular weight is 552 g/mol. The number of amides is 2. The van der Waals surface area contributed by atoms with E-state index >= 15 is 0 Å². The van der Waals surface area contributed by atoms with Gasteiger partial charge < -0.3 is 10.2 Å². The largest absolute Gasteiger partial charge is 0.352 e. The Kier molecular flexibility index (Phi) is 10.3. The molecule has 4 rings (SSSR count). The van der Waals surface area contributed by atoms with Gasteiger partial charge in [-0.25, -0.2) is 0 Å². The van der Waals surface area contributed by atoms with Gasteiger partial charge in [0.05, 0.1) is 0 Å². The van der Waals surface area contributed by atoms with Crippen LogP contribution in [0.25, 0.3) is 0 Å². The van der Waals surface area contributed by atoms with E-state index < -0.39 is 6.04 Å². The van der Waals surface area contributed by atoms with E-state index in [1.807, 2.05) is 67.6 Å². The number of rotatable bonds is 10. The number of benzene rings is 3. The SMILES string of the molecule is CC[C@@H](C(=O)NC1CCCCC1)N(Cc1c(Cl)cccc1Cl)C(=O)CC(c1ccccc1)c1ccccc1. The molecule has 0 aliphatic heterocycles. The molecule has 0 bridgehead atoms. The van der Waals surface area contributed by atoms with Gasteiger partial charge in [0, 0.05) is 40.5 Å². The fraction of sp³-hybridized carbons (Fsp3) is 0.375. The third-order valence-electron chi connectivity index (χ3n) is 7.51. The highest BCUT2D eigenvalue weighted by atomic mass is 35.5. The summed E-state index contributed by atoms with van der Waals surface area (Å²) in [6.45, 7) is 2.12. The first-order chi connectivity index (χ1) is 18.5. The molecule has 6 heteroatoms. The summed E-state index contributed by atoms with van der Waals surface area (Å²) in [4.78, 5) is 29.5. The monoisotopic (exact) mass is 550 g/mol. The second kappa shape index (κ2) is 13.8. The summed E-state index contributed by atoms with van der Waals surface area (Å²) in [5.74, 6) is -0.357. The highest BCUT2D eigenvalue weighted by Crippen LogP contribution is 2.32. The van der Waals surface area contributed by atoms with Gasteiger partial charge in [-0.3, -0.25) is 9.59 Å². The lowest BCUT2D eigenvalue weighted by Crippen LogP contribution is -2.51. The highest BCUT2D eigenvalue weighted by molar-refractivity contribution is 6.36. The van der Waals surface area contributed by atoms with Crippen LogP contribution in [0.15, 0.2) is 78.9 Å². The van der Waals surface area contributed by atoms with E-state index in [4.69, 9.17) is 23.2 Å². The molecule has 0 unspecified atom stereocenters. The van der Waals surface area contributed by atoms with E-state index in [0.29, 0.717) is 22.0 Å². The predicted octanol–water partition coefficient (Wildman–Crippen LogP) is 7.77. The van der Waals surface area contributed by atoms with Crippen molar-refractivity contribution in [3.05, 3.63) is 106 Å². The molecular formula is C32H36Cl2N2O2. The molecule has 38 heavy (non-hydrogen) atoms. The molecule has 1 N–H and O–H groups in total. The van der Waals surface area contributed by atoms with E-state index in [-0.39, 0.29) is 36.7 Å². The minimum Gasteiger partial charge on any atom is -0.352 e. The molecular weight excluding hydrogens is 515 g/mol. The summed E-state index contributed by atoms with van der Waals surface area (Å²) in [6.07, 6.45) is 6.13. The van der Waals surface area contributed by atoms with Crippen LogP contribution in [0.3, 0.4) is 0 Å². The Hall–Kier alpha value is -2.82. The number of hydrogen-bond donors (Lipinski definition) is 1. The van der Waals surface area contributed by atoms with Crippen molar-refractivity contribution in [2.75, 3.05) is 0 Å². The van der Waals surface area contributed by atoms with Crippen LogP contribution in [0.4, 0.5) is 0 Å². The number of carbonyl (C=O) groups is 2. The van der Waals surface area contributed by atoms with Crippen molar-refractivity contribution in [3.63, 3.8) is 0 Å². The van der Waals surface area contributed by atoms with Gasteiger partial charge in [0.15, 0.2) is 0 Å². The number of halogens is 2. The minimum absolute atomic E-state index is 0.105. The van der Waals surface area contributed by atoms with Crippen LogP contribution >= 0.6 is 23.2 Å². The van der Waals surface area contributed by atoms with Crippen LogP contribution in [-0.4, -0.2) is 28.8 Å². The third-order valence-corrected chi connectivity index (χ3v) is 8.22. The summed E-state index contributed by atoms with van der Waals surface area (Å²) in [7, 11) is 0. The summed E-state index contributed by atoms with van der Waals surface area (Å²) >= 11 is 13.1. The van der Waals surface area contributed by atoms with E-state index in [2.05, 4.69) is 5.32 Å². The van der Waals surface area contributed by atoms with Crippen molar-refractivity contribution in [1.29, 1.82) is 0 Å². The maximum atomic E-state index is 14.2. The summed E-state index contributed by atoms with van der Waals surface area (Å²) in [5.41, 5.74) is 2.77. The van der Waals surface area contributed by atoms with Crippen LogP contribution in [0.5, 0.6) is 0 Å². The molecule has 1 fully saturated rings. The van der Waals surface area contributed by atoms with Gasteiger partial charge in [0.25, 0.3) is 0 Å². The number of nitrogens with one attached hydrogen (secondary N) is 1. The van der Waals surface area contributed by atoms with Crippen molar-refractivity contribution in [1.82, 2.24) is 10.2 Å². The van der Waals surface area contributed by atoms with Crippen molar-refractivity contribution < 1.29 is 9.59 Å². The normalized spacial score (nSPS) is 14.7. The smallest absolute Gasteiger partial charge is 0.243 e. The Bertz CT molecular complexity index is 1140. The van der Waals surface area contributed by atoms with Gasteiger partial charge in [0.1, 0.15) is 6.04 Å². The topological polar surface area (TPSA) is 49.4 Å². The van der Waals surface area contributed by atoms with Gasteiger partial charge >= 0.3 is 0 Å². The zero-order valence-electron chi connectivity index (χ0n) is 21.9. The molecule has 1 aliphatic rings. The summed E-state index contributed by atoms with van der Waals surface area (Å²) < 4.78 is 0. The van der Waals surface area contributed by atoms with Crippen LogP contribution in [0, 0.1) is 0 Å². The molecule has 3 aromatic carbocycles. The number of nitrogens with zero attached hydrogens (tertiary/aromatic N) is 1.